The number of non-ortho nitro benzene ring substituents is 1. The fourth-order valence-corrected chi connectivity index (χ4v) is 2.41. The van der Waals surface area contributed by atoms with Crippen molar-refractivity contribution in [3.8, 4) is 0 Å². The molecule has 1 aromatic carbocycles. The second kappa shape index (κ2) is 5.41. The largest absolute Gasteiger partial charge is 0.287 e. The van der Waals surface area contributed by atoms with Crippen molar-refractivity contribution in [2.45, 2.75) is 11.8 Å². The molecule has 0 aliphatic carbocycles. The first-order chi connectivity index (χ1) is 7.88. The molecule has 17 heavy (non-hydrogen) atoms. The monoisotopic (exact) mass is 280 g/mol. The lowest BCUT2D eigenvalue weighted by molar-refractivity contribution is -0.384. The van der Waals surface area contributed by atoms with E-state index in [0.717, 1.165) is 18.2 Å². The molecule has 9 heteroatoms. The van der Waals surface area contributed by atoms with Gasteiger partial charge in [-0.3, -0.25) is 15.0 Å². The lowest BCUT2D eigenvalue weighted by atomic mass is 10.3. The summed E-state index contributed by atoms with van der Waals surface area (Å²) in [5, 5.41) is 10.2. The summed E-state index contributed by atoms with van der Waals surface area (Å²) in [6.07, 6.45) is 0. The molecular weight excluding hydrogens is 272 g/mol. The maximum Gasteiger partial charge on any atom is 0.271 e. The van der Waals surface area contributed by atoms with E-state index in [1.54, 1.807) is 6.92 Å². The van der Waals surface area contributed by atoms with Gasteiger partial charge < -0.3 is 0 Å². The fraction of sp³-hybridized carbons (Fsp3) is 0.250. The van der Waals surface area contributed by atoms with Gasteiger partial charge in [-0.15, -0.1) is 0 Å². The van der Waals surface area contributed by atoms with Gasteiger partial charge in [0.1, 0.15) is 4.90 Å². The Morgan fingerprint density at radius 1 is 1.53 bits per heavy atom. The Balaban J connectivity index is 3.12. The van der Waals surface area contributed by atoms with Crippen molar-refractivity contribution in [1.29, 1.82) is 0 Å². The number of sulfonamides is 1. The predicted molar refractivity (Wildman–Crippen MR) is 60.1 cm³/mol. The van der Waals surface area contributed by atoms with Gasteiger partial charge in [-0.25, -0.2) is 8.42 Å². The third-order valence-electron chi connectivity index (χ3n) is 1.73. The molecule has 0 amide bonds. The summed E-state index contributed by atoms with van der Waals surface area (Å²) < 4.78 is 23.2. The van der Waals surface area contributed by atoms with Crippen molar-refractivity contribution >= 4 is 27.3 Å². The Hall–Kier alpha value is -1.22. The summed E-state index contributed by atoms with van der Waals surface area (Å²) >= 11 is 5.66. The normalized spacial score (nSPS) is 11.4. The van der Waals surface area contributed by atoms with Gasteiger partial charge in [0, 0.05) is 12.1 Å². The summed E-state index contributed by atoms with van der Waals surface area (Å²) in [4.78, 5) is 15.9. The van der Waals surface area contributed by atoms with Crippen LogP contribution in [-0.2, 0) is 14.9 Å². The number of nitrogens with one attached hydrogen (secondary N) is 1. The third kappa shape index (κ3) is 3.37. The zero-order chi connectivity index (χ0) is 13.1. The molecule has 0 aliphatic heterocycles. The van der Waals surface area contributed by atoms with Gasteiger partial charge in [0.05, 0.1) is 16.6 Å². The summed E-state index contributed by atoms with van der Waals surface area (Å²) in [6, 6.07) is 3.05. The molecule has 1 aromatic rings. The number of nitro groups is 1. The molecule has 0 bridgehead atoms. The number of hydrogen-bond acceptors (Lipinski definition) is 5. The number of hydrogen-bond donors (Lipinski definition) is 1. The van der Waals surface area contributed by atoms with E-state index in [4.69, 9.17) is 11.6 Å². The average molecular weight is 281 g/mol. The van der Waals surface area contributed by atoms with Crippen LogP contribution in [0.25, 0.3) is 0 Å². The number of nitro benzene ring substituents is 1. The first kappa shape index (κ1) is 13.8. The second-order valence-corrected chi connectivity index (χ2v) is 4.91. The van der Waals surface area contributed by atoms with Crippen LogP contribution in [0.3, 0.4) is 0 Å². The Morgan fingerprint density at radius 2 is 2.18 bits per heavy atom. The van der Waals surface area contributed by atoms with Gasteiger partial charge in [-0.1, -0.05) is 16.5 Å². The molecule has 7 nitrogen and oxygen atoms in total. The highest BCUT2D eigenvalue weighted by Crippen LogP contribution is 2.25. The molecule has 1 N–H and O–H groups in total. The molecule has 0 spiro atoms. The van der Waals surface area contributed by atoms with Gasteiger partial charge in [0.2, 0.25) is 0 Å². The number of benzene rings is 1. The van der Waals surface area contributed by atoms with Crippen LogP contribution in [0.15, 0.2) is 23.1 Å². The van der Waals surface area contributed by atoms with E-state index >= 15 is 0 Å². The number of halogens is 1. The Kier molecular flexibility index (Phi) is 4.40. The lowest BCUT2D eigenvalue weighted by Gasteiger charge is -2.06. The van der Waals surface area contributed by atoms with Crippen LogP contribution < -0.4 is 4.89 Å². The summed E-state index contributed by atoms with van der Waals surface area (Å²) in [5.74, 6) is 0. The highest BCUT2D eigenvalue weighted by Gasteiger charge is 2.20. The van der Waals surface area contributed by atoms with Crippen molar-refractivity contribution < 1.29 is 18.2 Å². The quantitative estimate of drug-likeness (QED) is 0.650. The zero-order valence-electron chi connectivity index (χ0n) is 8.71. The Labute approximate surface area is 102 Å². The molecular formula is C8H9ClN2O5S. The van der Waals surface area contributed by atoms with Crippen molar-refractivity contribution in [2.24, 2.45) is 0 Å². The minimum Gasteiger partial charge on any atom is -0.287 e. The standard InChI is InChI=1S/C8H9ClN2O5S/c1-2-16-10-17(14,15)8-4-3-6(11(12)13)5-7(8)9/h3-5,10H,2H2,1H3. The molecule has 0 saturated heterocycles. The molecule has 0 unspecified atom stereocenters. The van der Waals surface area contributed by atoms with Crippen LogP contribution in [0.5, 0.6) is 0 Å². The number of rotatable bonds is 5. The fourth-order valence-electron chi connectivity index (χ4n) is 1.00. The minimum atomic E-state index is -3.92. The molecule has 0 aromatic heterocycles. The minimum absolute atomic E-state index is 0.143. The van der Waals surface area contributed by atoms with Crippen LogP contribution in [0.2, 0.25) is 5.02 Å². The van der Waals surface area contributed by atoms with E-state index in [-0.39, 0.29) is 22.2 Å². The smallest absolute Gasteiger partial charge is 0.271 e. The average Bonchev–Trinajstić information content (AvgIpc) is 2.25. The molecule has 0 heterocycles. The lowest BCUT2D eigenvalue weighted by Crippen LogP contribution is -2.24. The first-order valence-electron chi connectivity index (χ1n) is 4.46. The SMILES string of the molecule is CCONS(=O)(=O)c1ccc([N+](=O)[O-])cc1Cl. The maximum absolute atomic E-state index is 11.6. The first-order valence-corrected chi connectivity index (χ1v) is 6.32. The summed E-state index contributed by atoms with van der Waals surface area (Å²) in [6.45, 7) is 1.74. The van der Waals surface area contributed by atoms with Crippen LogP contribution >= 0.6 is 11.6 Å². The van der Waals surface area contributed by atoms with E-state index in [2.05, 4.69) is 4.84 Å². The van der Waals surface area contributed by atoms with Crippen molar-refractivity contribution in [2.75, 3.05) is 6.61 Å². The molecule has 0 radical (unpaired) electrons. The molecule has 1 rings (SSSR count). The third-order valence-corrected chi connectivity index (χ3v) is 3.43. The van der Waals surface area contributed by atoms with Crippen LogP contribution in [0.4, 0.5) is 5.69 Å². The summed E-state index contributed by atoms with van der Waals surface area (Å²) in [7, 11) is -3.92. The van der Waals surface area contributed by atoms with Crippen LogP contribution in [-0.4, -0.2) is 19.9 Å². The van der Waals surface area contributed by atoms with Crippen molar-refractivity contribution in [1.82, 2.24) is 4.89 Å². The van der Waals surface area contributed by atoms with Crippen molar-refractivity contribution in [3.63, 3.8) is 0 Å². The zero-order valence-corrected chi connectivity index (χ0v) is 10.3. The van der Waals surface area contributed by atoms with Gasteiger partial charge >= 0.3 is 0 Å². The predicted octanol–water partition coefficient (Wildman–Crippen LogP) is 1.48. The Bertz CT molecular complexity index is 531. The highest BCUT2D eigenvalue weighted by atomic mass is 35.5. The van der Waals surface area contributed by atoms with Gasteiger partial charge in [-0.2, -0.15) is 0 Å². The maximum atomic E-state index is 11.6. The van der Waals surface area contributed by atoms with E-state index in [0.29, 0.717) is 0 Å². The molecule has 94 valence electrons. The van der Waals surface area contributed by atoms with Gasteiger partial charge in [-0.05, 0) is 13.0 Å². The van der Waals surface area contributed by atoms with Crippen LogP contribution in [0.1, 0.15) is 6.92 Å². The van der Waals surface area contributed by atoms with E-state index < -0.39 is 14.9 Å². The molecule has 0 aliphatic rings. The molecule has 0 atom stereocenters. The van der Waals surface area contributed by atoms with E-state index in [1.165, 1.54) is 0 Å². The Morgan fingerprint density at radius 3 is 2.65 bits per heavy atom. The van der Waals surface area contributed by atoms with E-state index in [9.17, 15) is 18.5 Å². The molecule has 0 fully saturated rings. The van der Waals surface area contributed by atoms with E-state index in [1.807, 2.05) is 4.89 Å². The van der Waals surface area contributed by atoms with Crippen LogP contribution in [0, 0.1) is 10.1 Å². The topological polar surface area (TPSA) is 98.5 Å². The van der Waals surface area contributed by atoms with Gasteiger partial charge in [0.25, 0.3) is 15.7 Å². The van der Waals surface area contributed by atoms with Gasteiger partial charge in [0.15, 0.2) is 0 Å². The number of nitrogens with zero attached hydrogens (tertiary/aromatic N) is 1. The highest BCUT2D eigenvalue weighted by molar-refractivity contribution is 7.89. The van der Waals surface area contributed by atoms with Crippen molar-refractivity contribution in [3.05, 3.63) is 33.3 Å². The summed E-state index contributed by atoms with van der Waals surface area (Å²) in [5.41, 5.74) is -0.287. The molecule has 0 saturated carbocycles. The second-order valence-electron chi connectivity index (χ2n) is 2.89.